The molecule has 3 heterocycles. The molecule has 2 aliphatic heterocycles. The fourth-order valence-electron chi connectivity index (χ4n) is 3.96. The normalized spacial score (nSPS) is 20.4. The van der Waals surface area contributed by atoms with Crippen LogP contribution in [0.3, 0.4) is 0 Å². The maximum Gasteiger partial charge on any atom is 0.316 e. The van der Waals surface area contributed by atoms with E-state index in [1.54, 1.807) is 18.5 Å². The van der Waals surface area contributed by atoms with Gasteiger partial charge in [0.15, 0.2) is 0 Å². The largest absolute Gasteiger partial charge is 0.459 e. The molecule has 1 amide bonds. The quantitative estimate of drug-likeness (QED) is 0.786. The van der Waals surface area contributed by atoms with E-state index in [9.17, 15) is 9.90 Å². The Morgan fingerprint density at radius 2 is 1.90 bits per heavy atom. The fraction of sp³-hybridized carbons (Fsp3) is 0.455. The van der Waals surface area contributed by atoms with Gasteiger partial charge in [-0.15, -0.1) is 0 Å². The fourth-order valence-corrected chi connectivity index (χ4v) is 3.96. The molecule has 1 fully saturated rings. The third-order valence-electron chi connectivity index (χ3n) is 5.88. The van der Waals surface area contributed by atoms with Crippen molar-refractivity contribution in [3.63, 3.8) is 0 Å². The highest BCUT2D eigenvalue weighted by Gasteiger charge is 2.37. The summed E-state index contributed by atoms with van der Waals surface area (Å²) >= 11 is 0. The van der Waals surface area contributed by atoms with E-state index in [0.29, 0.717) is 50.5 Å². The average Bonchev–Trinajstić information content (AvgIpc) is 3.17. The molecule has 2 aromatic rings. The number of nitrogens with zero attached hydrogens (tertiary/aromatic N) is 5. The molecule has 0 spiro atoms. The molecule has 30 heavy (non-hydrogen) atoms. The zero-order valence-corrected chi connectivity index (χ0v) is 17.1. The minimum atomic E-state index is -0.732. The first-order valence-corrected chi connectivity index (χ1v) is 10.3. The summed E-state index contributed by atoms with van der Waals surface area (Å²) in [6, 6.07) is 9.70. The van der Waals surface area contributed by atoms with Crippen molar-refractivity contribution in [2.75, 3.05) is 20.1 Å². The van der Waals surface area contributed by atoms with Crippen LogP contribution in [0.5, 0.6) is 6.01 Å². The maximum atomic E-state index is 12.9. The van der Waals surface area contributed by atoms with Gasteiger partial charge < -0.3 is 14.7 Å². The summed E-state index contributed by atoms with van der Waals surface area (Å²) in [4.78, 5) is 22.7. The topological polar surface area (TPSA) is 91.2 Å². The van der Waals surface area contributed by atoms with E-state index in [0.717, 1.165) is 12.0 Å². The van der Waals surface area contributed by atoms with Crippen molar-refractivity contribution < 1.29 is 14.6 Å². The van der Waals surface area contributed by atoms with Crippen LogP contribution in [0.25, 0.3) is 0 Å². The number of hydrazone groups is 1. The second kappa shape index (κ2) is 8.79. The number of carbonyl (C=O) groups is 1. The molecule has 1 atom stereocenters. The van der Waals surface area contributed by atoms with Gasteiger partial charge in [0.2, 0.25) is 0 Å². The van der Waals surface area contributed by atoms with Crippen LogP contribution in [0.1, 0.15) is 41.6 Å². The van der Waals surface area contributed by atoms with Crippen molar-refractivity contribution >= 4 is 12.1 Å². The van der Waals surface area contributed by atoms with Crippen LogP contribution in [0.4, 0.5) is 0 Å². The highest BCUT2D eigenvalue weighted by Crippen LogP contribution is 2.30. The van der Waals surface area contributed by atoms with Gasteiger partial charge in [0, 0.05) is 50.7 Å². The lowest BCUT2D eigenvalue weighted by atomic mass is 9.84. The molecule has 8 nitrogen and oxygen atoms in total. The van der Waals surface area contributed by atoms with E-state index in [2.05, 4.69) is 15.1 Å². The maximum absolute atomic E-state index is 12.9. The molecule has 0 radical (unpaired) electrons. The number of amides is 1. The number of aromatic nitrogens is 2. The molecule has 8 heteroatoms. The zero-order chi connectivity index (χ0) is 21.0. The molecule has 0 saturated carbocycles. The smallest absolute Gasteiger partial charge is 0.316 e. The molecule has 0 bridgehead atoms. The Balaban J connectivity index is 1.28. The van der Waals surface area contributed by atoms with Crippen molar-refractivity contribution in [3.05, 3.63) is 53.9 Å². The number of rotatable bonds is 6. The highest BCUT2D eigenvalue weighted by molar-refractivity contribution is 5.94. The van der Waals surface area contributed by atoms with E-state index in [1.807, 2.05) is 47.4 Å². The summed E-state index contributed by atoms with van der Waals surface area (Å²) in [6.45, 7) is 1.46. The van der Waals surface area contributed by atoms with Crippen molar-refractivity contribution in [1.82, 2.24) is 19.9 Å². The predicted octanol–water partition coefficient (Wildman–Crippen LogP) is 2.10. The molecule has 158 valence electrons. The third-order valence-corrected chi connectivity index (χ3v) is 5.88. The Labute approximate surface area is 176 Å². The van der Waals surface area contributed by atoms with Gasteiger partial charge in [-0.2, -0.15) is 5.10 Å². The molecule has 1 aromatic carbocycles. The summed E-state index contributed by atoms with van der Waals surface area (Å²) in [6.07, 6.45) is 7.89. The first kappa shape index (κ1) is 20.3. The van der Waals surface area contributed by atoms with Gasteiger partial charge in [0.05, 0.1) is 11.6 Å². The van der Waals surface area contributed by atoms with Crippen LogP contribution in [-0.4, -0.2) is 68.9 Å². The number of aliphatic hydroxyl groups is 1. The second-order valence-corrected chi connectivity index (χ2v) is 8.00. The first-order valence-electron chi connectivity index (χ1n) is 10.3. The van der Waals surface area contributed by atoms with Gasteiger partial charge in [0.1, 0.15) is 6.61 Å². The number of hydrogen-bond acceptors (Lipinski definition) is 7. The number of piperidine rings is 1. The van der Waals surface area contributed by atoms with E-state index in [4.69, 9.17) is 4.74 Å². The molecule has 1 unspecified atom stereocenters. The Kier molecular flexibility index (Phi) is 5.94. The lowest BCUT2D eigenvalue weighted by Gasteiger charge is -2.40. The first-order chi connectivity index (χ1) is 14.5. The standard InChI is InChI=1S/C22H27N5O3/c1-26-19(7-12-25-26)15-22(29)8-13-27(14-9-22)20(28)18-5-3-17(4-6-18)16-30-21-23-10-2-11-24-21/h2-6,10-12,19,29H,7-9,13-16H2,1H3. The monoisotopic (exact) mass is 409 g/mol. The Hall–Kier alpha value is -3.00. The van der Waals surface area contributed by atoms with Crippen molar-refractivity contribution in [1.29, 1.82) is 0 Å². The van der Waals surface area contributed by atoms with Crippen LogP contribution in [-0.2, 0) is 6.61 Å². The molecular weight excluding hydrogens is 382 g/mol. The number of hydrogen-bond donors (Lipinski definition) is 1. The number of likely N-dealkylation sites (tertiary alicyclic amines) is 1. The molecule has 0 aliphatic carbocycles. The Morgan fingerprint density at radius 3 is 2.53 bits per heavy atom. The minimum absolute atomic E-state index is 0.00257. The molecule has 1 aromatic heterocycles. The van der Waals surface area contributed by atoms with Gasteiger partial charge in [0.25, 0.3) is 5.91 Å². The second-order valence-electron chi connectivity index (χ2n) is 8.00. The van der Waals surface area contributed by atoms with Gasteiger partial charge in [-0.3, -0.25) is 9.80 Å². The van der Waals surface area contributed by atoms with Crippen molar-refractivity contribution in [2.45, 2.75) is 43.9 Å². The summed E-state index contributed by atoms with van der Waals surface area (Å²) < 4.78 is 5.54. The van der Waals surface area contributed by atoms with Crippen LogP contribution < -0.4 is 4.74 Å². The molecule has 2 aliphatic rings. The van der Waals surface area contributed by atoms with Gasteiger partial charge in [-0.05, 0) is 43.0 Å². The van der Waals surface area contributed by atoms with Gasteiger partial charge in [-0.1, -0.05) is 12.1 Å². The number of ether oxygens (including phenoxy) is 1. The third kappa shape index (κ3) is 4.76. The Bertz CT molecular complexity index is 879. The summed E-state index contributed by atoms with van der Waals surface area (Å²) in [7, 11) is 1.94. The van der Waals surface area contributed by atoms with Crippen LogP contribution in [0.15, 0.2) is 47.8 Å². The van der Waals surface area contributed by atoms with Crippen LogP contribution in [0.2, 0.25) is 0 Å². The molecular formula is C22H27N5O3. The lowest BCUT2D eigenvalue weighted by Crippen LogP contribution is -2.49. The van der Waals surface area contributed by atoms with Gasteiger partial charge >= 0.3 is 6.01 Å². The van der Waals surface area contributed by atoms with Crippen molar-refractivity contribution in [3.8, 4) is 6.01 Å². The van der Waals surface area contributed by atoms with Crippen LogP contribution in [0, 0.1) is 0 Å². The zero-order valence-electron chi connectivity index (χ0n) is 17.1. The predicted molar refractivity (Wildman–Crippen MR) is 112 cm³/mol. The minimum Gasteiger partial charge on any atom is -0.459 e. The summed E-state index contributed by atoms with van der Waals surface area (Å²) in [5.41, 5.74) is 0.850. The molecule has 1 saturated heterocycles. The number of carbonyl (C=O) groups excluding carboxylic acids is 1. The highest BCUT2D eigenvalue weighted by atomic mass is 16.5. The van der Waals surface area contributed by atoms with Crippen molar-refractivity contribution in [2.24, 2.45) is 5.10 Å². The number of benzene rings is 1. The average molecular weight is 409 g/mol. The molecule has 4 rings (SSSR count). The SMILES string of the molecule is CN1N=CCC1CC1(O)CCN(C(=O)c2ccc(COc3ncccn3)cc2)CC1. The van der Waals surface area contributed by atoms with E-state index in [-0.39, 0.29) is 11.9 Å². The molecule has 1 N–H and O–H groups in total. The van der Waals surface area contributed by atoms with E-state index >= 15 is 0 Å². The van der Waals surface area contributed by atoms with E-state index < -0.39 is 5.60 Å². The van der Waals surface area contributed by atoms with Crippen LogP contribution >= 0.6 is 0 Å². The summed E-state index contributed by atoms with van der Waals surface area (Å²) in [5, 5.41) is 17.1. The summed E-state index contributed by atoms with van der Waals surface area (Å²) in [5.74, 6) is -0.00257. The van der Waals surface area contributed by atoms with E-state index in [1.165, 1.54) is 0 Å². The Morgan fingerprint density at radius 1 is 1.20 bits per heavy atom. The van der Waals surface area contributed by atoms with Gasteiger partial charge in [-0.25, -0.2) is 9.97 Å². The lowest BCUT2D eigenvalue weighted by molar-refractivity contribution is -0.0368.